The Morgan fingerprint density at radius 1 is 1.30 bits per heavy atom. The summed E-state index contributed by atoms with van der Waals surface area (Å²) in [4.78, 5) is 14.3. The molecule has 0 fully saturated rings. The van der Waals surface area contributed by atoms with Crippen molar-refractivity contribution in [2.24, 2.45) is 0 Å². The van der Waals surface area contributed by atoms with Crippen LogP contribution in [0.2, 0.25) is 18.1 Å². The van der Waals surface area contributed by atoms with Gasteiger partial charge in [-0.25, -0.2) is 0 Å². The maximum atomic E-state index is 12.6. The summed E-state index contributed by atoms with van der Waals surface area (Å²) < 4.78 is 7.18. The van der Waals surface area contributed by atoms with Crippen molar-refractivity contribution in [3.05, 3.63) is 39.5 Å². The second-order valence-electron chi connectivity index (χ2n) is 7.27. The first-order valence-electron chi connectivity index (χ1n) is 7.80. The van der Waals surface area contributed by atoms with Gasteiger partial charge >= 0.3 is 0 Å². The first-order valence-corrected chi connectivity index (χ1v) is 11.8. The number of anilines is 1. The Balaban J connectivity index is 2.75. The molecule has 0 aliphatic heterocycles. The molecule has 128 valence electrons. The number of carbonyl (C=O) groups is 1. The molecule has 0 aliphatic carbocycles. The summed E-state index contributed by atoms with van der Waals surface area (Å²) in [5.41, 5.74) is 1.64. The van der Waals surface area contributed by atoms with E-state index in [1.165, 1.54) is 0 Å². The highest BCUT2D eigenvalue weighted by atomic mass is 127. The molecule has 0 aliphatic rings. The zero-order valence-corrected chi connectivity index (χ0v) is 18.4. The van der Waals surface area contributed by atoms with Gasteiger partial charge in [0.25, 0.3) is 5.91 Å². The van der Waals surface area contributed by atoms with Crippen LogP contribution in [0.5, 0.6) is 0 Å². The largest absolute Gasteiger partial charge is 0.413 e. The average Bonchev–Trinajstić information content (AvgIpc) is 2.44. The lowest BCUT2D eigenvalue weighted by Crippen LogP contribution is -2.40. The highest BCUT2D eigenvalue weighted by molar-refractivity contribution is 14.1. The number of rotatable bonds is 5. The Morgan fingerprint density at radius 3 is 2.39 bits per heavy atom. The Kier molecular flexibility index (Phi) is 7.04. The number of hydrogen-bond donors (Lipinski definition) is 0. The summed E-state index contributed by atoms with van der Waals surface area (Å²) in [6.07, 6.45) is 1.90. The fraction of sp³-hybridized carbons (Fsp3) is 0.500. The van der Waals surface area contributed by atoms with Gasteiger partial charge in [-0.1, -0.05) is 39.0 Å². The van der Waals surface area contributed by atoms with E-state index in [1.807, 2.05) is 44.3 Å². The van der Waals surface area contributed by atoms with E-state index in [-0.39, 0.29) is 10.9 Å². The van der Waals surface area contributed by atoms with Gasteiger partial charge in [-0.15, -0.1) is 0 Å². The minimum atomic E-state index is -1.78. The van der Waals surface area contributed by atoms with Crippen LogP contribution in [0.4, 0.5) is 5.69 Å². The number of benzene rings is 1. The van der Waals surface area contributed by atoms with E-state index in [0.717, 1.165) is 9.26 Å². The first-order chi connectivity index (χ1) is 10.5. The van der Waals surface area contributed by atoms with Crippen LogP contribution in [-0.4, -0.2) is 27.9 Å². The van der Waals surface area contributed by atoms with Crippen molar-refractivity contribution in [2.75, 3.05) is 18.6 Å². The molecular formula is C18H28INO2Si. The van der Waals surface area contributed by atoms with E-state index in [1.54, 1.807) is 4.90 Å². The summed E-state index contributed by atoms with van der Waals surface area (Å²) in [5, 5.41) is 0.176. The molecule has 0 aromatic heterocycles. The first kappa shape index (κ1) is 20.4. The SMILES string of the molecule is C/C(=C\CO[Si](C)(C)C(C)(C)C)C(=O)N(C)c1ccccc1I. The Labute approximate surface area is 155 Å². The predicted molar refractivity (Wildman–Crippen MR) is 109 cm³/mol. The Morgan fingerprint density at radius 2 is 1.87 bits per heavy atom. The van der Waals surface area contributed by atoms with Gasteiger partial charge in [-0.3, -0.25) is 4.79 Å². The standard InChI is InChI=1S/C18H28INO2Si/c1-14(12-13-22-23(6,7)18(2,3)4)17(21)20(5)16-11-9-8-10-15(16)19/h8-12H,13H2,1-7H3/b14-12+. The molecule has 0 heterocycles. The topological polar surface area (TPSA) is 29.5 Å². The van der Waals surface area contributed by atoms with Gasteiger partial charge in [0.05, 0.1) is 12.3 Å². The summed E-state index contributed by atoms with van der Waals surface area (Å²) in [6.45, 7) is 13.4. The number of halogens is 1. The third-order valence-electron chi connectivity index (χ3n) is 4.50. The van der Waals surface area contributed by atoms with Crippen LogP contribution in [0.15, 0.2) is 35.9 Å². The number of amides is 1. The highest BCUT2D eigenvalue weighted by Gasteiger charge is 2.36. The molecule has 5 heteroatoms. The molecule has 0 N–H and O–H groups in total. The predicted octanol–water partition coefficient (Wildman–Crippen LogP) is 5.22. The molecule has 0 radical (unpaired) electrons. The summed E-state index contributed by atoms with van der Waals surface area (Å²) in [7, 11) is 0.0341. The molecule has 1 amide bonds. The lowest BCUT2D eigenvalue weighted by Gasteiger charge is -2.35. The second-order valence-corrected chi connectivity index (χ2v) is 13.2. The normalized spacial score (nSPS) is 13.1. The van der Waals surface area contributed by atoms with Gasteiger partial charge in [-0.2, -0.15) is 0 Å². The molecule has 0 unspecified atom stereocenters. The smallest absolute Gasteiger partial charge is 0.253 e. The third kappa shape index (κ3) is 5.43. The lowest BCUT2D eigenvalue weighted by atomic mass is 10.2. The van der Waals surface area contributed by atoms with Crippen molar-refractivity contribution in [3.63, 3.8) is 0 Å². The number of carbonyl (C=O) groups excluding carboxylic acids is 1. The van der Waals surface area contributed by atoms with Gasteiger partial charge in [-0.05, 0) is 59.8 Å². The van der Waals surface area contributed by atoms with Crippen LogP contribution in [0.25, 0.3) is 0 Å². The Hall–Kier alpha value is -0.663. The molecule has 23 heavy (non-hydrogen) atoms. The third-order valence-corrected chi connectivity index (χ3v) is 9.91. The summed E-state index contributed by atoms with van der Waals surface area (Å²) in [5.74, 6) is 0.00736. The molecule has 1 aromatic carbocycles. The van der Waals surface area contributed by atoms with E-state index >= 15 is 0 Å². The maximum absolute atomic E-state index is 12.6. The summed E-state index contributed by atoms with van der Waals surface area (Å²) in [6, 6.07) is 7.87. The maximum Gasteiger partial charge on any atom is 0.253 e. The van der Waals surface area contributed by atoms with E-state index in [0.29, 0.717) is 12.2 Å². The van der Waals surface area contributed by atoms with Crippen molar-refractivity contribution in [2.45, 2.75) is 45.8 Å². The molecule has 0 saturated heterocycles. The molecule has 0 bridgehead atoms. The van der Waals surface area contributed by atoms with E-state index in [4.69, 9.17) is 4.43 Å². The van der Waals surface area contributed by atoms with Crippen molar-refractivity contribution in [1.29, 1.82) is 0 Å². The minimum absolute atomic E-state index is 0.00736. The highest BCUT2D eigenvalue weighted by Crippen LogP contribution is 2.36. The van der Waals surface area contributed by atoms with E-state index in [9.17, 15) is 4.79 Å². The second kappa shape index (κ2) is 7.94. The lowest BCUT2D eigenvalue weighted by molar-refractivity contribution is -0.114. The van der Waals surface area contributed by atoms with Crippen molar-refractivity contribution >= 4 is 42.5 Å². The van der Waals surface area contributed by atoms with Crippen LogP contribution in [-0.2, 0) is 9.22 Å². The van der Waals surface area contributed by atoms with E-state index in [2.05, 4.69) is 56.5 Å². The van der Waals surface area contributed by atoms with Crippen LogP contribution in [0, 0.1) is 3.57 Å². The monoisotopic (exact) mass is 445 g/mol. The molecule has 0 saturated carbocycles. The molecule has 3 nitrogen and oxygen atoms in total. The van der Waals surface area contributed by atoms with Gasteiger partial charge in [0.2, 0.25) is 0 Å². The Bertz CT molecular complexity index is 591. The van der Waals surface area contributed by atoms with Crippen molar-refractivity contribution in [1.82, 2.24) is 0 Å². The fourth-order valence-electron chi connectivity index (χ4n) is 1.78. The molecule has 1 aromatic rings. The van der Waals surface area contributed by atoms with Crippen LogP contribution < -0.4 is 4.90 Å². The fourth-order valence-corrected chi connectivity index (χ4v) is 3.46. The van der Waals surface area contributed by atoms with Gasteiger partial charge in [0, 0.05) is 16.2 Å². The van der Waals surface area contributed by atoms with E-state index < -0.39 is 8.32 Å². The number of likely N-dealkylation sites (N-methyl/N-ethyl adjacent to an activating group) is 1. The molecule has 0 spiro atoms. The summed E-state index contributed by atoms with van der Waals surface area (Å²) >= 11 is 2.25. The average molecular weight is 445 g/mol. The zero-order chi connectivity index (χ0) is 17.8. The minimum Gasteiger partial charge on any atom is -0.413 e. The molecule has 0 atom stereocenters. The van der Waals surface area contributed by atoms with Crippen LogP contribution >= 0.6 is 22.6 Å². The van der Waals surface area contributed by atoms with Crippen LogP contribution in [0.3, 0.4) is 0 Å². The van der Waals surface area contributed by atoms with Crippen molar-refractivity contribution < 1.29 is 9.22 Å². The van der Waals surface area contributed by atoms with Gasteiger partial charge in [0.15, 0.2) is 8.32 Å². The molecular weight excluding hydrogens is 417 g/mol. The number of nitrogens with zero attached hydrogens (tertiary/aromatic N) is 1. The van der Waals surface area contributed by atoms with Crippen molar-refractivity contribution in [3.8, 4) is 0 Å². The van der Waals surface area contributed by atoms with Gasteiger partial charge < -0.3 is 9.33 Å². The molecule has 1 rings (SSSR count). The number of para-hydroxylation sites is 1. The number of hydrogen-bond acceptors (Lipinski definition) is 2. The quantitative estimate of drug-likeness (QED) is 0.353. The zero-order valence-electron chi connectivity index (χ0n) is 15.2. The van der Waals surface area contributed by atoms with Gasteiger partial charge in [0.1, 0.15) is 0 Å². The van der Waals surface area contributed by atoms with Crippen LogP contribution in [0.1, 0.15) is 27.7 Å².